The number of carbonyl (C=O) groups excluding carboxylic acids is 2. The van der Waals surface area contributed by atoms with Crippen LogP contribution in [-0.2, 0) is 28.1 Å². The zero-order valence-electron chi connectivity index (χ0n) is 27.9. The lowest BCUT2D eigenvalue weighted by Gasteiger charge is -2.37. The molecule has 1 aromatic rings. The van der Waals surface area contributed by atoms with Gasteiger partial charge < -0.3 is 29.2 Å². The molecule has 0 radical (unpaired) electrons. The first-order valence-corrected chi connectivity index (χ1v) is 16.9. The minimum Gasteiger partial charge on any atom is -0.382 e. The first kappa shape index (κ1) is 41.0. The van der Waals surface area contributed by atoms with E-state index in [9.17, 15) is 32.3 Å². The van der Waals surface area contributed by atoms with Gasteiger partial charge in [-0.25, -0.2) is 9.46 Å². The number of nitriles is 1. The summed E-state index contributed by atoms with van der Waals surface area (Å²) in [6.45, 7) is 8.60. The Balaban J connectivity index is 2.03. The molecule has 1 aromatic heterocycles. The molecule has 0 aromatic carbocycles. The lowest BCUT2D eigenvalue weighted by molar-refractivity contribution is -0.173. The molecular formula is C30H46F3N6O8P. The van der Waals surface area contributed by atoms with Crippen molar-refractivity contribution < 1.29 is 41.3 Å². The Bertz CT molecular complexity index is 1360. The number of ether oxygens (including phenoxy) is 2. The van der Waals surface area contributed by atoms with E-state index in [0.29, 0.717) is 32.2 Å². The van der Waals surface area contributed by atoms with Gasteiger partial charge in [-0.1, -0.05) is 12.8 Å². The number of rotatable bonds is 20. The summed E-state index contributed by atoms with van der Waals surface area (Å²) in [5, 5.41) is 13.5. The number of alkyl halides is 3. The van der Waals surface area contributed by atoms with Gasteiger partial charge in [0, 0.05) is 51.0 Å². The molecule has 2 amide bonds. The zero-order chi connectivity index (χ0) is 35.9. The minimum absolute atomic E-state index is 0.0368. The van der Waals surface area contributed by atoms with Crippen molar-refractivity contribution in [2.45, 2.75) is 103 Å². The number of nitrogens with one attached hydrogen (secondary N) is 3. The van der Waals surface area contributed by atoms with Crippen molar-refractivity contribution in [1.29, 1.82) is 5.26 Å². The van der Waals surface area contributed by atoms with Crippen molar-refractivity contribution in [2.24, 2.45) is 0 Å². The summed E-state index contributed by atoms with van der Waals surface area (Å²) in [6.07, 6.45) is -0.612. The highest BCUT2D eigenvalue weighted by Crippen LogP contribution is 2.49. The molecule has 0 saturated carbocycles. The van der Waals surface area contributed by atoms with Crippen LogP contribution in [0.4, 0.5) is 13.2 Å². The zero-order valence-corrected chi connectivity index (χ0v) is 28.8. The van der Waals surface area contributed by atoms with Crippen LogP contribution in [0.25, 0.3) is 6.08 Å². The third-order valence-corrected chi connectivity index (χ3v) is 9.22. The van der Waals surface area contributed by atoms with Crippen molar-refractivity contribution in [3.63, 3.8) is 0 Å². The molecule has 0 bridgehead atoms. The predicted molar refractivity (Wildman–Crippen MR) is 171 cm³/mol. The number of aromatic amines is 1. The maximum absolute atomic E-state index is 12.8. The Labute approximate surface area is 278 Å². The maximum Gasteiger partial charge on any atom is 0.471 e. The summed E-state index contributed by atoms with van der Waals surface area (Å²) >= 11 is 0. The van der Waals surface area contributed by atoms with Gasteiger partial charge in [0.15, 0.2) is 0 Å². The van der Waals surface area contributed by atoms with Gasteiger partial charge in [-0.3, -0.25) is 23.9 Å². The molecule has 1 fully saturated rings. The maximum atomic E-state index is 12.8. The standard InChI is InChI=1S/C30H46F3N6O8P/c1-20(2)39(21(3)4)48(45-16-10-13-34)47-23-17-26(46-24(23)19-44-5)38-18-22(27(41)37-29(38)43)11-12-25(40)35-14-8-6-7-9-15-36-28(42)30(31,32)33/h11-12,18,20-21,23-24,26H,6-10,14-17,19H2,1-5H3,(H,35,40)(H,36,42)(H,37,41,43)/b12-11+/t23?,24-,26-,48?/m1/s1. The second-order valence-corrected chi connectivity index (χ2v) is 13.0. The molecule has 2 unspecified atom stereocenters. The Kier molecular flexibility index (Phi) is 17.4. The van der Waals surface area contributed by atoms with E-state index in [1.54, 1.807) is 5.32 Å². The third-order valence-electron chi connectivity index (χ3n) is 7.06. The summed E-state index contributed by atoms with van der Waals surface area (Å²) in [5.41, 5.74) is -1.37. The number of carbonyl (C=O) groups is 2. The first-order valence-electron chi connectivity index (χ1n) is 15.7. The van der Waals surface area contributed by atoms with Gasteiger partial charge >= 0.3 is 17.8 Å². The number of nitrogens with zero attached hydrogens (tertiary/aromatic N) is 3. The predicted octanol–water partition coefficient (Wildman–Crippen LogP) is 3.50. The molecule has 48 heavy (non-hydrogen) atoms. The summed E-state index contributed by atoms with van der Waals surface area (Å²) < 4.78 is 63.8. The minimum atomic E-state index is -4.90. The van der Waals surface area contributed by atoms with Crippen molar-refractivity contribution in [3.05, 3.63) is 38.7 Å². The normalized spacial score (nSPS) is 18.9. The molecular weight excluding hydrogens is 660 g/mol. The smallest absolute Gasteiger partial charge is 0.382 e. The van der Waals surface area contributed by atoms with Crippen LogP contribution < -0.4 is 21.9 Å². The Morgan fingerprint density at radius 2 is 1.81 bits per heavy atom. The lowest BCUT2D eigenvalue weighted by Crippen LogP contribution is -2.37. The topological polar surface area (TPSA) is 177 Å². The molecule has 18 heteroatoms. The van der Waals surface area contributed by atoms with E-state index in [0.717, 1.165) is 6.08 Å². The number of amides is 2. The molecule has 0 spiro atoms. The van der Waals surface area contributed by atoms with Gasteiger partial charge in [-0.2, -0.15) is 18.4 Å². The van der Waals surface area contributed by atoms with Gasteiger partial charge in [0.05, 0.1) is 37.4 Å². The van der Waals surface area contributed by atoms with Crippen LogP contribution >= 0.6 is 8.53 Å². The van der Waals surface area contributed by atoms with Crippen LogP contribution in [0.1, 0.15) is 78.0 Å². The number of H-pyrrole nitrogens is 1. The highest BCUT2D eigenvalue weighted by molar-refractivity contribution is 7.44. The number of hydrogen-bond donors (Lipinski definition) is 3. The van der Waals surface area contributed by atoms with Crippen LogP contribution in [0.15, 0.2) is 21.9 Å². The van der Waals surface area contributed by atoms with E-state index in [1.807, 2.05) is 27.7 Å². The Hall–Kier alpha value is -3.13. The van der Waals surface area contributed by atoms with Gasteiger partial charge in [0.2, 0.25) is 5.91 Å². The van der Waals surface area contributed by atoms with Crippen LogP contribution in [0.2, 0.25) is 0 Å². The van der Waals surface area contributed by atoms with Gasteiger partial charge in [-0.15, -0.1) is 0 Å². The molecule has 270 valence electrons. The average molecular weight is 707 g/mol. The summed E-state index contributed by atoms with van der Waals surface area (Å²) in [7, 11) is -0.0948. The van der Waals surface area contributed by atoms with E-state index >= 15 is 0 Å². The molecule has 4 atom stereocenters. The average Bonchev–Trinajstić information content (AvgIpc) is 3.38. The Morgan fingerprint density at radius 3 is 2.40 bits per heavy atom. The van der Waals surface area contributed by atoms with Gasteiger partial charge in [-0.05, 0) is 46.6 Å². The highest BCUT2D eigenvalue weighted by Gasteiger charge is 2.41. The summed E-state index contributed by atoms with van der Waals surface area (Å²) in [6, 6.07) is 2.20. The van der Waals surface area contributed by atoms with Crippen molar-refractivity contribution in [3.8, 4) is 6.07 Å². The van der Waals surface area contributed by atoms with Crippen LogP contribution in [0.3, 0.4) is 0 Å². The molecule has 3 N–H and O–H groups in total. The monoisotopic (exact) mass is 706 g/mol. The van der Waals surface area contributed by atoms with Crippen molar-refractivity contribution >= 4 is 26.4 Å². The number of aromatic nitrogens is 2. The van der Waals surface area contributed by atoms with Crippen LogP contribution in [0.5, 0.6) is 0 Å². The molecule has 1 aliphatic heterocycles. The number of hydrogen-bond acceptors (Lipinski definition) is 10. The third kappa shape index (κ3) is 13.4. The van der Waals surface area contributed by atoms with E-state index in [1.165, 1.54) is 23.9 Å². The fraction of sp³-hybridized carbons (Fsp3) is 0.700. The highest BCUT2D eigenvalue weighted by atomic mass is 31.2. The van der Waals surface area contributed by atoms with E-state index in [-0.39, 0.29) is 50.2 Å². The molecule has 1 saturated heterocycles. The lowest BCUT2D eigenvalue weighted by atomic mass is 10.2. The molecule has 0 aliphatic carbocycles. The summed E-state index contributed by atoms with van der Waals surface area (Å²) in [4.78, 5) is 50.7. The molecule has 1 aliphatic rings. The van der Waals surface area contributed by atoms with Gasteiger partial charge in [0.1, 0.15) is 12.3 Å². The van der Waals surface area contributed by atoms with Crippen LogP contribution in [-0.4, -0.2) is 89.9 Å². The number of methoxy groups -OCH3 is 1. The van der Waals surface area contributed by atoms with E-state index in [2.05, 4.69) is 21.0 Å². The van der Waals surface area contributed by atoms with Crippen LogP contribution in [0, 0.1) is 11.3 Å². The molecule has 2 heterocycles. The fourth-order valence-electron chi connectivity index (χ4n) is 4.88. The van der Waals surface area contributed by atoms with E-state index < -0.39 is 56.2 Å². The second-order valence-electron chi connectivity index (χ2n) is 11.6. The quantitative estimate of drug-likeness (QED) is 0.103. The first-order chi connectivity index (χ1) is 22.7. The van der Waals surface area contributed by atoms with Crippen molar-refractivity contribution in [1.82, 2.24) is 24.9 Å². The summed E-state index contributed by atoms with van der Waals surface area (Å²) in [5.74, 6) is -2.46. The Morgan fingerprint density at radius 1 is 1.17 bits per heavy atom. The van der Waals surface area contributed by atoms with E-state index in [4.69, 9.17) is 23.8 Å². The number of unbranched alkanes of at least 4 members (excludes halogenated alkanes) is 3. The molecule has 2 rings (SSSR count). The molecule has 14 nitrogen and oxygen atoms in total. The SMILES string of the molecule is COC[C@H]1O[C@@H](n2cc(/C=C/C(=O)NCCCCCCNC(=O)C(F)(F)F)c(=O)[nH]c2=O)CC1OP(OCCC#N)N(C(C)C)C(C)C. The number of halogens is 3. The van der Waals surface area contributed by atoms with Gasteiger partial charge in [0.25, 0.3) is 14.1 Å². The largest absolute Gasteiger partial charge is 0.471 e. The second kappa shape index (κ2) is 20.4. The van der Waals surface area contributed by atoms with Crippen molar-refractivity contribution in [2.75, 3.05) is 33.4 Å². The fourth-order valence-corrected chi connectivity index (χ4v) is 6.64.